The Balaban J connectivity index is 2.07. The molecule has 1 aliphatic rings. The highest BCUT2D eigenvalue weighted by Gasteiger charge is 2.30. The van der Waals surface area contributed by atoms with Gasteiger partial charge in [0, 0.05) is 25.4 Å². The van der Waals surface area contributed by atoms with Crippen molar-refractivity contribution in [3.63, 3.8) is 0 Å². The molecule has 1 aromatic rings. The van der Waals surface area contributed by atoms with Crippen LogP contribution in [-0.2, 0) is 0 Å². The van der Waals surface area contributed by atoms with Crippen LogP contribution in [0.15, 0.2) is 24.4 Å². The topological polar surface area (TPSA) is 62.4 Å². The van der Waals surface area contributed by atoms with Crippen molar-refractivity contribution in [2.24, 2.45) is 5.73 Å². The Bertz CT molecular complexity index is 344. The summed E-state index contributed by atoms with van der Waals surface area (Å²) in [7, 11) is 0. The van der Waals surface area contributed by atoms with Gasteiger partial charge in [0.15, 0.2) is 0 Å². The van der Waals surface area contributed by atoms with Crippen LogP contribution in [0.5, 0.6) is 0 Å². The van der Waals surface area contributed by atoms with Gasteiger partial charge in [-0.15, -0.1) is 0 Å². The lowest BCUT2D eigenvalue weighted by molar-refractivity contribution is 0.162. The molecular weight excluding hydrogens is 226 g/mol. The number of hydrogen-bond donors (Lipinski definition) is 2. The first-order valence-corrected chi connectivity index (χ1v) is 6.84. The van der Waals surface area contributed by atoms with Crippen LogP contribution in [-0.4, -0.2) is 40.7 Å². The van der Waals surface area contributed by atoms with Crippen molar-refractivity contribution < 1.29 is 5.11 Å². The molecule has 0 aliphatic carbocycles. The second-order valence-corrected chi connectivity index (χ2v) is 4.91. The quantitative estimate of drug-likeness (QED) is 0.798. The molecule has 1 aromatic heterocycles. The zero-order valence-corrected chi connectivity index (χ0v) is 10.8. The average molecular weight is 249 g/mol. The molecule has 100 valence electrons. The zero-order valence-electron chi connectivity index (χ0n) is 10.8. The molecule has 2 unspecified atom stereocenters. The van der Waals surface area contributed by atoms with Crippen LogP contribution in [0.3, 0.4) is 0 Å². The Labute approximate surface area is 109 Å². The monoisotopic (exact) mass is 249 g/mol. The predicted molar refractivity (Wildman–Crippen MR) is 72.1 cm³/mol. The third kappa shape index (κ3) is 3.07. The van der Waals surface area contributed by atoms with Crippen molar-refractivity contribution >= 4 is 0 Å². The van der Waals surface area contributed by atoms with E-state index in [1.54, 1.807) is 0 Å². The number of nitrogens with zero attached hydrogens (tertiary/aromatic N) is 2. The molecule has 4 heteroatoms. The van der Waals surface area contributed by atoms with E-state index in [0.717, 1.165) is 25.1 Å². The van der Waals surface area contributed by atoms with Gasteiger partial charge in [-0.25, -0.2) is 0 Å². The highest BCUT2D eigenvalue weighted by molar-refractivity contribution is 5.10. The molecule has 0 saturated carbocycles. The van der Waals surface area contributed by atoms with Crippen molar-refractivity contribution in [1.82, 2.24) is 9.88 Å². The van der Waals surface area contributed by atoms with Crippen molar-refractivity contribution in [2.45, 2.75) is 37.8 Å². The number of hydrogen-bond acceptors (Lipinski definition) is 4. The van der Waals surface area contributed by atoms with Crippen molar-refractivity contribution in [3.8, 4) is 0 Å². The molecule has 2 heterocycles. The van der Waals surface area contributed by atoms with Gasteiger partial charge in [0.1, 0.15) is 0 Å². The lowest BCUT2D eigenvalue weighted by Crippen LogP contribution is -2.38. The number of aliphatic hydroxyl groups excluding tert-OH is 1. The summed E-state index contributed by atoms with van der Waals surface area (Å²) in [5.41, 5.74) is 7.01. The molecule has 1 saturated heterocycles. The zero-order chi connectivity index (χ0) is 12.8. The van der Waals surface area contributed by atoms with E-state index in [4.69, 9.17) is 10.8 Å². The van der Waals surface area contributed by atoms with Crippen molar-refractivity contribution in [3.05, 3.63) is 30.1 Å². The molecular formula is C14H23N3O. The minimum absolute atomic E-state index is 0.220. The summed E-state index contributed by atoms with van der Waals surface area (Å²) < 4.78 is 0. The van der Waals surface area contributed by atoms with E-state index in [9.17, 15) is 0 Å². The lowest BCUT2D eigenvalue weighted by atomic mass is 10.1. The van der Waals surface area contributed by atoms with Crippen LogP contribution in [0.4, 0.5) is 0 Å². The van der Waals surface area contributed by atoms with E-state index in [-0.39, 0.29) is 12.6 Å². The lowest BCUT2D eigenvalue weighted by Gasteiger charge is -2.32. The second kappa shape index (κ2) is 6.83. The number of aromatic nitrogens is 1. The van der Waals surface area contributed by atoms with Crippen LogP contribution in [0.25, 0.3) is 0 Å². The van der Waals surface area contributed by atoms with Gasteiger partial charge in [0.05, 0.1) is 11.7 Å². The molecule has 1 fully saturated rings. The SMILES string of the molecule is NCC(c1ccccn1)N1CCCC1CCCO. The van der Waals surface area contributed by atoms with Gasteiger partial charge in [-0.3, -0.25) is 9.88 Å². The molecule has 2 atom stereocenters. The summed E-state index contributed by atoms with van der Waals surface area (Å²) in [5, 5.41) is 8.97. The molecule has 0 spiro atoms. The van der Waals surface area contributed by atoms with E-state index < -0.39 is 0 Å². The maximum atomic E-state index is 8.97. The highest BCUT2D eigenvalue weighted by atomic mass is 16.2. The van der Waals surface area contributed by atoms with E-state index >= 15 is 0 Å². The molecule has 0 bridgehead atoms. The Morgan fingerprint density at radius 2 is 2.39 bits per heavy atom. The summed E-state index contributed by atoms with van der Waals surface area (Å²) in [5.74, 6) is 0. The smallest absolute Gasteiger partial charge is 0.0646 e. The maximum absolute atomic E-state index is 8.97. The van der Waals surface area contributed by atoms with Gasteiger partial charge in [-0.05, 0) is 44.4 Å². The minimum atomic E-state index is 0.220. The maximum Gasteiger partial charge on any atom is 0.0646 e. The molecule has 0 amide bonds. The standard InChI is InChI=1S/C14H23N3O/c15-11-14(13-7-1-2-8-16-13)17-9-3-5-12(17)6-4-10-18/h1-2,7-8,12,14,18H,3-6,9-11,15H2. The summed E-state index contributed by atoms with van der Waals surface area (Å²) in [6, 6.07) is 6.78. The summed E-state index contributed by atoms with van der Waals surface area (Å²) in [6.07, 6.45) is 6.19. The van der Waals surface area contributed by atoms with Crippen molar-refractivity contribution in [1.29, 1.82) is 0 Å². The molecule has 2 rings (SSSR count). The summed E-state index contributed by atoms with van der Waals surface area (Å²) in [4.78, 5) is 6.91. The second-order valence-electron chi connectivity index (χ2n) is 4.91. The Morgan fingerprint density at radius 3 is 3.06 bits per heavy atom. The number of rotatable bonds is 6. The van der Waals surface area contributed by atoms with Crippen LogP contribution in [0.1, 0.15) is 37.4 Å². The summed E-state index contributed by atoms with van der Waals surface area (Å²) in [6.45, 7) is 1.97. The van der Waals surface area contributed by atoms with Gasteiger partial charge in [-0.1, -0.05) is 6.07 Å². The third-order valence-corrected chi connectivity index (χ3v) is 3.77. The third-order valence-electron chi connectivity index (χ3n) is 3.77. The van der Waals surface area contributed by atoms with Gasteiger partial charge < -0.3 is 10.8 Å². The molecule has 3 N–H and O–H groups in total. The van der Waals surface area contributed by atoms with Crippen LogP contribution >= 0.6 is 0 Å². The van der Waals surface area contributed by atoms with Crippen molar-refractivity contribution in [2.75, 3.05) is 19.7 Å². The Morgan fingerprint density at radius 1 is 1.50 bits per heavy atom. The average Bonchev–Trinajstić information content (AvgIpc) is 2.87. The molecule has 0 aromatic carbocycles. The summed E-state index contributed by atoms with van der Waals surface area (Å²) >= 11 is 0. The fourth-order valence-electron chi connectivity index (χ4n) is 2.90. The van der Waals surface area contributed by atoms with Gasteiger partial charge in [0.2, 0.25) is 0 Å². The van der Waals surface area contributed by atoms with Crippen LogP contribution in [0, 0.1) is 0 Å². The molecule has 4 nitrogen and oxygen atoms in total. The predicted octanol–water partition coefficient (Wildman–Crippen LogP) is 1.32. The minimum Gasteiger partial charge on any atom is -0.396 e. The Hall–Kier alpha value is -0.970. The number of pyridine rings is 1. The molecule has 1 aliphatic heterocycles. The largest absolute Gasteiger partial charge is 0.396 e. The number of likely N-dealkylation sites (tertiary alicyclic amines) is 1. The van der Waals surface area contributed by atoms with E-state index in [2.05, 4.69) is 16.0 Å². The first kappa shape index (κ1) is 13.5. The number of aliphatic hydroxyl groups is 1. The molecule has 0 radical (unpaired) electrons. The first-order chi connectivity index (χ1) is 8.86. The normalized spacial score (nSPS) is 22.2. The van der Waals surface area contributed by atoms with Gasteiger partial charge in [-0.2, -0.15) is 0 Å². The first-order valence-electron chi connectivity index (χ1n) is 6.84. The number of nitrogens with two attached hydrogens (primary N) is 1. The van der Waals surface area contributed by atoms with E-state index in [0.29, 0.717) is 12.6 Å². The molecule has 18 heavy (non-hydrogen) atoms. The van der Waals surface area contributed by atoms with Crippen LogP contribution < -0.4 is 5.73 Å². The van der Waals surface area contributed by atoms with E-state index in [1.165, 1.54) is 12.8 Å². The Kier molecular flexibility index (Phi) is 5.11. The van der Waals surface area contributed by atoms with Gasteiger partial charge in [0.25, 0.3) is 0 Å². The highest BCUT2D eigenvalue weighted by Crippen LogP contribution is 2.30. The van der Waals surface area contributed by atoms with Crippen LogP contribution in [0.2, 0.25) is 0 Å². The van der Waals surface area contributed by atoms with Gasteiger partial charge >= 0.3 is 0 Å². The van der Waals surface area contributed by atoms with E-state index in [1.807, 2.05) is 18.3 Å². The fourth-order valence-corrected chi connectivity index (χ4v) is 2.90. The fraction of sp³-hybridized carbons (Fsp3) is 0.643.